The van der Waals surface area contributed by atoms with Gasteiger partial charge in [0.1, 0.15) is 0 Å². The Kier molecular flexibility index (Phi) is 8.42. The average molecular weight is 398 g/mol. The first kappa shape index (κ1) is 20.6. The molecule has 0 atom stereocenters. The molecule has 134 valence electrons. The van der Waals surface area contributed by atoms with Gasteiger partial charge in [0.15, 0.2) is 0 Å². The molecule has 1 aromatic carbocycles. The van der Waals surface area contributed by atoms with Crippen molar-refractivity contribution in [3.63, 3.8) is 0 Å². The summed E-state index contributed by atoms with van der Waals surface area (Å²) in [6.45, 7) is 5.12. The van der Waals surface area contributed by atoms with Crippen molar-refractivity contribution in [3.05, 3.63) is 34.3 Å². The molecule has 1 rings (SSSR count). The lowest BCUT2D eigenvalue weighted by molar-refractivity contribution is -0.132. The number of hydrogen-bond acceptors (Lipinski definition) is 3. The first-order valence-corrected chi connectivity index (χ1v) is 9.15. The summed E-state index contributed by atoms with van der Waals surface area (Å²) >= 11 is 3.48. The predicted octanol–water partition coefficient (Wildman–Crippen LogP) is 2.68. The molecule has 0 heterocycles. The molecule has 0 aliphatic rings. The van der Waals surface area contributed by atoms with E-state index in [1.165, 1.54) is 0 Å². The number of carbonyl (C=O) groups excluding carboxylic acids is 2. The smallest absolute Gasteiger partial charge is 0.227 e. The summed E-state index contributed by atoms with van der Waals surface area (Å²) in [7, 11) is 1.77. The highest BCUT2D eigenvalue weighted by Gasteiger charge is 2.32. The second kappa shape index (κ2) is 9.79. The van der Waals surface area contributed by atoms with Gasteiger partial charge in [0, 0.05) is 37.6 Å². The van der Waals surface area contributed by atoms with Crippen LogP contribution in [0.3, 0.4) is 0 Å². The molecule has 0 saturated carbocycles. The Balaban J connectivity index is 2.48. The lowest BCUT2D eigenvalue weighted by atomic mass is 9.81. The van der Waals surface area contributed by atoms with Crippen LogP contribution in [0.5, 0.6) is 0 Å². The van der Waals surface area contributed by atoms with E-state index in [1.807, 2.05) is 38.1 Å². The standard InChI is InChI=1S/C18H28BrN3O2/c1-4-18(5-2,13-20)17(24)21-11-10-16(23)22(3)12-14-8-6-7-9-15(14)19/h6-9H,4-5,10-13,20H2,1-3H3,(H,21,24). The van der Waals surface area contributed by atoms with Crippen molar-refractivity contribution in [1.82, 2.24) is 10.2 Å². The number of amides is 2. The Hall–Kier alpha value is -1.40. The fourth-order valence-electron chi connectivity index (χ4n) is 2.58. The van der Waals surface area contributed by atoms with Crippen LogP contribution < -0.4 is 11.1 Å². The van der Waals surface area contributed by atoms with Gasteiger partial charge in [-0.2, -0.15) is 0 Å². The lowest BCUT2D eigenvalue weighted by Crippen LogP contribution is -2.46. The molecule has 0 radical (unpaired) electrons. The van der Waals surface area contributed by atoms with E-state index in [1.54, 1.807) is 11.9 Å². The summed E-state index contributed by atoms with van der Waals surface area (Å²) in [5, 5.41) is 2.86. The van der Waals surface area contributed by atoms with E-state index in [4.69, 9.17) is 5.73 Å². The normalized spacial score (nSPS) is 11.2. The van der Waals surface area contributed by atoms with Crippen molar-refractivity contribution in [2.24, 2.45) is 11.1 Å². The third kappa shape index (κ3) is 5.31. The maximum Gasteiger partial charge on any atom is 0.227 e. The molecule has 24 heavy (non-hydrogen) atoms. The van der Waals surface area contributed by atoms with Crippen LogP contribution in [0.4, 0.5) is 0 Å². The van der Waals surface area contributed by atoms with Gasteiger partial charge in [0.25, 0.3) is 0 Å². The number of carbonyl (C=O) groups is 2. The first-order valence-electron chi connectivity index (χ1n) is 8.36. The number of benzene rings is 1. The zero-order chi connectivity index (χ0) is 18.2. The minimum atomic E-state index is -0.524. The third-order valence-corrected chi connectivity index (χ3v) is 5.42. The van der Waals surface area contributed by atoms with Gasteiger partial charge in [0.05, 0.1) is 5.41 Å². The van der Waals surface area contributed by atoms with Crippen molar-refractivity contribution in [1.29, 1.82) is 0 Å². The van der Waals surface area contributed by atoms with Crippen molar-refractivity contribution >= 4 is 27.7 Å². The van der Waals surface area contributed by atoms with Crippen molar-refractivity contribution in [3.8, 4) is 0 Å². The second-order valence-corrected chi connectivity index (χ2v) is 6.89. The van der Waals surface area contributed by atoms with E-state index >= 15 is 0 Å². The quantitative estimate of drug-likeness (QED) is 0.672. The molecule has 0 aliphatic heterocycles. The largest absolute Gasteiger partial charge is 0.355 e. The minimum Gasteiger partial charge on any atom is -0.355 e. The van der Waals surface area contributed by atoms with E-state index in [0.717, 1.165) is 10.0 Å². The molecule has 0 saturated heterocycles. The van der Waals surface area contributed by atoms with Crippen molar-refractivity contribution < 1.29 is 9.59 Å². The summed E-state index contributed by atoms with van der Waals surface area (Å²) in [6.07, 6.45) is 1.67. The fraction of sp³-hybridized carbons (Fsp3) is 0.556. The van der Waals surface area contributed by atoms with Crippen molar-refractivity contribution in [2.45, 2.75) is 39.7 Å². The predicted molar refractivity (Wildman–Crippen MR) is 100 cm³/mol. The lowest BCUT2D eigenvalue weighted by Gasteiger charge is -2.28. The van der Waals surface area contributed by atoms with E-state index in [9.17, 15) is 9.59 Å². The maximum absolute atomic E-state index is 12.3. The molecular formula is C18H28BrN3O2. The molecule has 2 amide bonds. The van der Waals surface area contributed by atoms with Gasteiger partial charge in [0.2, 0.25) is 11.8 Å². The molecule has 0 spiro atoms. The first-order chi connectivity index (χ1) is 11.4. The maximum atomic E-state index is 12.3. The number of nitrogens with zero attached hydrogens (tertiary/aromatic N) is 1. The highest BCUT2D eigenvalue weighted by Crippen LogP contribution is 2.24. The summed E-state index contributed by atoms with van der Waals surface area (Å²) in [4.78, 5) is 26.2. The van der Waals surface area contributed by atoms with Gasteiger partial charge in [-0.25, -0.2) is 0 Å². The molecule has 5 nitrogen and oxygen atoms in total. The Morgan fingerprint density at radius 1 is 1.25 bits per heavy atom. The van der Waals surface area contributed by atoms with E-state index in [2.05, 4.69) is 21.2 Å². The van der Waals surface area contributed by atoms with Gasteiger partial charge in [-0.15, -0.1) is 0 Å². The van der Waals surface area contributed by atoms with Crippen LogP contribution in [0.2, 0.25) is 0 Å². The molecule has 0 fully saturated rings. The highest BCUT2D eigenvalue weighted by molar-refractivity contribution is 9.10. The SMILES string of the molecule is CCC(CC)(CN)C(=O)NCCC(=O)N(C)Cc1ccccc1Br. The van der Waals surface area contributed by atoms with E-state index < -0.39 is 5.41 Å². The van der Waals surface area contributed by atoms with Gasteiger partial charge < -0.3 is 16.0 Å². The Morgan fingerprint density at radius 2 is 1.88 bits per heavy atom. The molecule has 0 bridgehead atoms. The number of nitrogens with one attached hydrogen (secondary N) is 1. The topological polar surface area (TPSA) is 75.4 Å². The van der Waals surface area contributed by atoms with Crippen molar-refractivity contribution in [2.75, 3.05) is 20.1 Å². The zero-order valence-corrected chi connectivity index (χ0v) is 16.4. The fourth-order valence-corrected chi connectivity index (χ4v) is 2.99. The van der Waals surface area contributed by atoms with Crippen LogP contribution in [0.15, 0.2) is 28.7 Å². The molecule has 0 aromatic heterocycles. The summed E-state index contributed by atoms with van der Waals surface area (Å²) in [6, 6.07) is 7.82. The van der Waals surface area contributed by atoms with Crippen LogP contribution in [-0.4, -0.2) is 36.9 Å². The zero-order valence-electron chi connectivity index (χ0n) is 14.8. The van der Waals surface area contributed by atoms with Crippen LogP contribution in [0.25, 0.3) is 0 Å². The third-order valence-electron chi connectivity index (χ3n) is 4.64. The van der Waals surface area contributed by atoms with Crippen LogP contribution >= 0.6 is 15.9 Å². The van der Waals surface area contributed by atoms with E-state index in [0.29, 0.717) is 32.5 Å². The van der Waals surface area contributed by atoms with Gasteiger partial charge in [-0.3, -0.25) is 9.59 Å². The van der Waals surface area contributed by atoms with Gasteiger partial charge in [-0.05, 0) is 24.5 Å². The summed E-state index contributed by atoms with van der Waals surface area (Å²) in [5.41, 5.74) is 6.30. The Bertz CT molecular complexity index is 551. The molecule has 1 aromatic rings. The molecule has 0 unspecified atom stereocenters. The van der Waals surface area contributed by atoms with Gasteiger partial charge in [-0.1, -0.05) is 48.0 Å². The molecule has 6 heteroatoms. The monoisotopic (exact) mass is 397 g/mol. The van der Waals surface area contributed by atoms with Crippen LogP contribution in [0.1, 0.15) is 38.7 Å². The van der Waals surface area contributed by atoms with Crippen LogP contribution in [-0.2, 0) is 16.1 Å². The Morgan fingerprint density at radius 3 is 2.42 bits per heavy atom. The highest BCUT2D eigenvalue weighted by atomic mass is 79.9. The number of nitrogens with two attached hydrogens (primary N) is 1. The second-order valence-electron chi connectivity index (χ2n) is 6.04. The number of halogens is 1. The van der Waals surface area contributed by atoms with Crippen LogP contribution in [0, 0.1) is 5.41 Å². The van der Waals surface area contributed by atoms with Gasteiger partial charge >= 0.3 is 0 Å². The number of rotatable bonds is 9. The van der Waals surface area contributed by atoms with E-state index in [-0.39, 0.29) is 18.2 Å². The average Bonchev–Trinajstić information content (AvgIpc) is 2.59. The number of hydrogen-bond donors (Lipinski definition) is 2. The molecule has 3 N–H and O–H groups in total. The minimum absolute atomic E-state index is 0.00241. The Labute approximate surface area is 153 Å². The summed E-state index contributed by atoms with van der Waals surface area (Å²) in [5.74, 6) is -0.0614. The summed E-state index contributed by atoms with van der Waals surface area (Å²) < 4.78 is 0.983. The molecular weight excluding hydrogens is 370 g/mol. The molecule has 0 aliphatic carbocycles.